The number of allylic oxidation sites excluding steroid dienone is 2. The first kappa shape index (κ1) is 14.3. The minimum Gasteiger partial charge on any atom is -0.273 e. The average Bonchev–Trinajstić information content (AvgIpc) is 2.59. The third-order valence-electron chi connectivity index (χ3n) is 3.77. The molecule has 2 amide bonds. The van der Waals surface area contributed by atoms with Crippen molar-refractivity contribution in [2.24, 2.45) is 5.92 Å². The summed E-state index contributed by atoms with van der Waals surface area (Å²) in [5.74, 6) is -0.640. The van der Waals surface area contributed by atoms with Crippen LogP contribution in [-0.2, 0) is 4.79 Å². The number of pyridine rings is 1. The number of hydrogen-bond acceptors (Lipinski definition) is 3. The van der Waals surface area contributed by atoms with Gasteiger partial charge in [-0.05, 0) is 31.4 Å². The van der Waals surface area contributed by atoms with Gasteiger partial charge in [-0.15, -0.1) is 0 Å². The molecular formula is C17H17N3O2. The predicted molar refractivity (Wildman–Crippen MR) is 83.8 cm³/mol. The Morgan fingerprint density at radius 1 is 1.05 bits per heavy atom. The van der Waals surface area contributed by atoms with Crippen LogP contribution in [0.2, 0.25) is 0 Å². The van der Waals surface area contributed by atoms with Gasteiger partial charge in [0.15, 0.2) is 0 Å². The first-order chi connectivity index (χ1) is 10.7. The third kappa shape index (κ3) is 3.14. The molecule has 0 radical (unpaired) electrons. The van der Waals surface area contributed by atoms with E-state index in [1.165, 1.54) is 0 Å². The Morgan fingerprint density at radius 2 is 1.91 bits per heavy atom. The second-order valence-electron chi connectivity index (χ2n) is 5.31. The fourth-order valence-corrected chi connectivity index (χ4v) is 2.51. The van der Waals surface area contributed by atoms with Crippen molar-refractivity contribution in [2.75, 3.05) is 0 Å². The molecule has 1 heterocycles. The Kier molecular flexibility index (Phi) is 4.14. The molecule has 1 aliphatic carbocycles. The van der Waals surface area contributed by atoms with Gasteiger partial charge in [0.1, 0.15) is 5.69 Å². The van der Waals surface area contributed by atoms with Crippen LogP contribution in [0.15, 0.2) is 48.6 Å². The van der Waals surface area contributed by atoms with Gasteiger partial charge >= 0.3 is 0 Å². The molecule has 22 heavy (non-hydrogen) atoms. The molecule has 0 unspecified atom stereocenters. The number of nitrogens with zero attached hydrogens (tertiary/aromatic N) is 1. The monoisotopic (exact) mass is 295 g/mol. The molecule has 0 aliphatic heterocycles. The van der Waals surface area contributed by atoms with E-state index < -0.39 is 5.91 Å². The van der Waals surface area contributed by atoms with E-state index in [-0.39, 0.29) is 17.5 Å². The lowest BCUT2D eigenvalue weighted by atomic mass is 9.94. The van der Waals surface area contributed by atoms with Crippen LogP contribution in [0, 0.1) is 5.92 Å². The Morgan fingerprint density at radius 3 is 2.73 bits per heavy atom. The van der Waals surface area contributed by atoms with Gasteiger partial charge in [0.2, 0.25) is 5.91 Å². The Balaban J connectivity index is 1.63. The number of rotatable bonds is 2. The smallest absolute Gasteiger partial charge is 0.273 e. The van der Waals surface area contributed by atoms with E-state index in [1.807, 2.05) is 36.4 Å². The predicted octanol–water partition coefficient (Wildman–Crippen LogP) is 2.35. The third-order valence-corrected chi connectivity index (χ3v) is 3.77. The summed E-state index contributed by atoms with van der Waals surface area (Å²) in [6.07, 6.45) is 6.50. The topological polar surface area (TPSA) is 71.1 Å². The summed E-state index contributed by atoms with van der Waals surface area (Å²) in [5, 5.41) is 0.970. The molecule has 0 saturated carbocycles. The van der Waals surface area contributed by atoms with E-state index in [9.17, 15) is 9.59 Å². The van der Waals surface area contributed by atoms with Gasteiger partial charge in [-0.25, -0.2) is 4.98 Å². The number of benzene rings is 1. The van der Waals surface area contributed by atoms with Crippen molar-refractivity contribution >= 4 is 22.7 Å². The number of carbonyl (C=O) groups is 2. The van der Waals surface area contributed by atoms with E-state index in [4.69, 9.17) is 0 Å². The van der Waals surface area contributed by atoms with Gasteiger partial charge in [-0.1, -0.05) is 36.4 Å². The maximum Gasteiger partial charge on any atom is 0.288 e. The summed E-state index contributed by atoms with van der Waals surface area (Å²) in [6.45, 7) is 0. The molecule has 0 saturated heterocycles. The number of fused-ring (bicyclic) bond motifs is 1. The molecule has 2 N–H and O–H groups in total. The molecule has 5 nitrogen and oxygen atoms in total. The van der Waals surface area contributed by atoms with Crippen LogP contribution < -0.4 is 10.9 Å². The molecule has 112 valence electrons. The molecule has 1 aliphatic rings. The van der Waals surface area contributed by atoms with Crippen LogP contribution in [0.3, 0.4) is 0 Å². The lowest BCUT2D eigenvalue weighted by Gasteiger charge is -2.17. The fourth-order valence-electron chi connectivity index (χ4n) is 2.51. The van der Waals surface area contributed by atoms with Crippen molar-refractivity contribution in [3.05, 3.63) is 54.2 Å². The number of para-hydroxylation sites is 1. The minimum atomic E-state index is -0.412. The molecule has 0 bridgehead atoms. The second kappa shape index (κ2) is 6.39. The zero-order chi connectivity index (χ0) is 15.4. The van der Waals surface area contributed by atoms with Crippen LogP contribution >= 0.6 is 0 Å². The Hall–Kier alpha value is -2.69. The lowest BCUT2D eigenvalue weighted by Crippen LogP contribution is -2.45. The van der Waals surface area contributed by atoms with Crippen LogP contribution in [0.1, 0.15) is 29.8 Å². The quantitative estimate of drug-likeness (QED) is 0.660. The van der Waals surface area contributed by atoms with Crippen molar-refractivity contribution in [3.8, 4) is 0 Å². The standard InChI is InChI=1S/C17H17N3O2/c21-16(13-7-2-1-3-8-13)19-20-17(22)15-11-10-12-6-4-5-9-14(12)18-15/h1-2,4-6,9-11,13H,3,7-8H2,(H,19,21)(H,20,22)/t13-/m0/s1. The highest BCUT2D eigenvalue weighted by Crippen LogP contribution is 2.17. The molecule has 1 atom stereocenters. The van der Waals surface area contributed by atoms with Gasteiger partial charge < -0.3 is 0 Å². The second-order valence-corrected chi connectivity index (χ2v) is 5.31. The first-order valence-electron chi connectivity index (χ1n) is 7.35. The number of hydrazine groups is 1. The average molecular weight is 295 g/mol. The summed E-state index contributed by atoms with van der Waals surface area (Å²) in [5.41, 5.74) is 5.95. The highest BCUT2D eigenvalue weighted by Gasteiger charge is 2.19. The molecule has 5 heteroatoms. The highest BCUT2D eigenvalue weighted by atomic mass is 16.2. The van der Waals surface area contributed by atoms with Gasteiger partial charge in [0, 0.05) is 11.3 Å². The van der Waals surface area contributed by atoms with Crippen molar-refractivity contribution in [3.63, 3.8) is 0 Å². The van der Waals surface area contributed by atoms with Crippen LogP contribution in [-0.4, -0.2) is 16.8 Å². The molecule has 2 aromatic rings. The first-order valence-corrected chi connectivity index (χ1v) is 7.35. The van der Waals surface area contributed by atoms with Crippen LogP contribution in [0.4, 0.5) is 0 Å². The maximum absolute atomic E-state index is 12.1. The van der Waals surface area contributed by atoms with E-state index in [1.54, 1.807) is 6.07 Å². The molecule has 3 rings (SSSR count). The zero-order valence-electron chi connectivity index (χ0n) is 12.1. The van der Waals surface area contributed by atoms with Gasteiger partial charge in [0.25, 0.3) is 5.91 Å². The van der Waals surface area contributed by atoms with E-state index >= 15 is 0 Å². The number of amides is 2. The molecular weight excluding hydrogens is 278 g/mol. The summed E-state index contributed by atoms with van der Waals surface area (Å²) in [7, 11) is 0. The van der Waals surface area contributed by atoms with E-state index in [0.29, 0.717) is 0 Å². The van der Waals surface area contributed by atoms with Crippen molar-refractivity contribution in [1.29, 1.82) is 0 Å². The van der Waals surface area contributed by atoms with Crippen molar-refractivity contribution in [2.45, 2.75) is 19.3 Å². The summed E-state index contributed by atoms with van der Waals surface area (Å²) in [4.78, 5) is 28.3. The van der Waals surface area contributed by atoms with Crippen molar-refractivity contribution in [1.82, 2.24) is 15.8 Å². The Labute approximate surface area is 128 Å². The van der Waals surface area contributed by atoms with Gasteiger partial charge in [-0.2, -0.15) is 0 Å². The van der Waals surface area contributed by atoms with E-state index in [0.717, 1.165) is 30.2 Å². The van der Waals surface area contributed by atoms with E-state index in [2.05, 4.69) is 21.9 Å². The molecule has 1 aromatic heterocycles. The van der Waals surface area contributed by atoms with Gasteiger partial charge in [0.05, 0.1) is 5.52 Å². The van der Waals surface area contributed by atoms with Crippen molar-refractivity contribution < 1.29 is 9.59 Å². The number of aromatic nitrogens is 1. The minimum absolute atomic E-state index is 0.0742. The highest BCUT2D eigenvalue weighted by molar-refractivity contribution is 5.96. The summed E-state index contributed by atoms with van der Waals surface area (Å²) < 4.78 is 0. The normalized spacial score (nSPS) is 17.2. The van der Waals surface area contributed by atoms with Crippen LogP contribution in [0.5, 0.6) is 0 Å². The maximum atomic E-state index is 12.1. The molecule has 0 fully saturated rings. The molecule has 0 spiro atoms. The lowest BCUT2D eigenvalue weighted by molar-refractivity contribution is -0.126. The van der Waals surface area contributed by atoms with Crippen LogP contribution in [0.25, 0.3) is 10.9 Å². The number of carbonyl (C=O) groups excluding carboxylic acids is 2. The van der Waals surface area contributed by atoms with Gasteiger partial charge in [-0.3, -0.25) is 20.4 Å². The summed E-state index contributed by atoms with van der Waals surface area (Å²) in [6, 6.07) is 11.1. The molecule has 1 aromatic carbocycles. The number of hydrogen-bond donors (Lipinski definition) is 2. The largest absolute Gasteiger partial charge is 0.288 e. The summed E-state index contributed by atoms with van der Waals surface area (Å²) >= 11 is 0. The number of nitrogens with one attached hydrogen (secondary N) is 2. The Bertz CT molecular complexity index is 740. The fraction of sp³-hybridized carbons (Fsp3) is 0.235. The SMILES string of the molecule is O=C(NNC(=O)[C@H]1CC=CCC1)c1ccc2ccccc2n1. The zero-order valence-corrected chi connectivity index (χ0v) is 12.1.